The molecule has 0 unspecified atom stereocenters. The van der Waals surface area contributed by atoms with Gasteiger partial charge in [-0.25, -0.2) is 13.4 Å². The first-order valence-electron chi connectivity index (χ1n) is 7.03. The zero-order valence-corrected chi connectivity index (χ0v) is 13.8. The smallest absolute Gasteiger partial charge is 0.252 e. The second-order valence-corrected chi connectivity index (χ2v) is 8.86. The molecular formula is C14H19N3O2S2. The molecule has 7 heteroatoms. The van der Waals surface area contributed by atoms with Gasteiger partial charge >= 0.3 is 0 Å². The first kappa shape index (κ1) is 14.7. The molecule has 0 amide bonds. The zero-order chi connectivity index (χ0) is 15.0. The van der Waals surface area contributed by atoms with E-state index in [-0.39, 0.29) is 0 Å². The fourth-order valence-electron chi connectivity index (χ4n) is 2.86. The van der Waals surface area contributed by atoms with Gasteiger partial charge in [0.25, 0.3) is 10.0 Å². The van der Waals surface area contributed by atoms with Gasteiger partial charge in [0.15, 0.2) is 0 Å². The van der Waals surface area contributed by atoms with Gasteiger partial charge in [-0.15, -0.1) is 11.3 Å². The third kappa shape index (κ3) is 2.77. The molecule has 5 nitrogen and oxygen atoms in total. The minimum absolute atomic E-state index is 0.352. The normalized spacial score (nSPS) is 18.2. The van der Waals surface area contributed by atoms with E-state index in [0.717, 1.165) is 23.3 Å². The van der Waals surface area contributed by atoms with Gasteiger partial charge in [0.05, 0.1) is 6.33 Å². The Hall–Kier alpha value is -1.18. The van der Waals surface area contributed by atoms with E-state index < -0.39 is 10.0 Å². The fourth-order valence-corrected chi connectivity index (χ4v) is 6.13. The van der Waals surface area contributed by atoms with Crippen molar-refractivity contribution >= 4 is 21.4 Å². The van der Waals surface area contributed by atoms with Crippen molar-refractivity contribution in [2.24, 2.45) is 0 Å². The number of hydrogen-bond donors (Lipinski definition) is 0. The van der Waals surface area contributed by atoms with Crippen LogP contribution in [0, 0.1) is 13.8 Å². The van der Waals surface area contributed by atoms with E-state index in [4.69, 9.17) is 0 Å². The topological polar surface area (TPSA) is 55.2 Å². The summed E-state index contributed by atoms with van der Waals surface area (Å²) in [6.07, 6.45) is 7.18. The van der Waals surface area contributed by atoms with E-state index in [1.807, 2.05) is 32.4 Å². The van der Waals surface area contributed by atoms with Crippen molar-refractivity contribution in [1.82, 2.24) is 13.9 Å². The summed E-state index contributed by atoms with van der Waals surface area (Å²) in [7, 11) is -3.34. The summed E-state index contributed by atoms with van der Waals surface area (Å²) in [4.78, 5) is 5.10. The largest absolute Gasteiger partial charge is 0.334 e. The van der Waals surface area contributed by atoms with Crippen molar-refractivity contribution in [2.45, 2.75) is 36.9 Å². The maximum atomic E-state index is 12.7. The lowest BCUT2D eigenvalue weighted by Crippen LogP contribution is -2.38. The molecule has 0 N–H and O–H groups in total. The number of aryl methyl sites for hydroxylation is 2. The van der Waals surface area contributed by atoms with E-state index in [0.29, 0.717) is 23.3 Å². The molecular weight excluding hydrogens is 306 g/mol. The standard InChI is InChI=1S/C14H19N3O2S2/c1-11-9-12(2)20-14(11)21(18,19)17-6-3-13(4-7-17)16-8-5-15-10-16/h5,8-10,13H,3-4,6-7H2,1-2H3. The Kier molecular flexibility index (Phi) is 3.90. The number of hydrogen-bond acceptors (Lipinski definition) is 4. The average molecular weight is 325 g/mol. The van der Waals surface area contributed by atoms with Crippen molar-refractivity contribution in [2.75, 3.05) is 13.1 Å². The van der Waals surface area contributed by atoms with Crippen molar-refractivity contribution in [3.05, 3.63) is 35.2 Å². The van der Waals surface area contributed by atoms with Gasteiger partial charge in [0.2, 0.25) is 0 Å². The van der Waals surface area contributed by atoms with E-state index in [1.54, 1.807) is 10.5 Å². The minimum atomic E-state index is -3.34. The Morgan fingerprint density at radius 3 is 2.52 bits per heavy atom. The molecule has 0 bridgehead atoms. The van der Waals surface area contributed by atoms with E-state index in [9.17, 15) is 8.42 Å². The van der Waals surface area contributed by atoms with Crippen LogP contribution in [0.2, 0.25) is 0 Å². The summed E-state index contributed by atoms with van der Waals surface area (Å²) in [6.45, 7) is 4.96. The summed E-state index contributed by atoms with van der Waals surface area (Å²) >= 11 is 1.37. The van der Waals surface area contributed by atoms with Crippen LogP contribution < -0.4 is 0 Å². The summed E-state index contributed by atoms with van der Waals surface area (Å²) in [5.74, 6) is 0. The van der Waals surface area contributed by atoms with Crippen LogP contribution in [0.3, 0.4) is 0 Å². The fraction of sp³-hybridized carbons (Fsp3) is 0.500. The lowest BCUT2D eigenvalue weighted by molar-refractivity contribution is 0.274. The molecule has 1 fully saturated rings. The highest BCUT2D eigenvalue weighted by atomic mass is 32.2. The van der Waals surface area contributed by atoms with Crippen molar-refractivity contribution in [3.63, 3.8) is 0 Å². The Bertz CT molecular complexity index is 711. The van der Waals surface area contributed by atoms with E-state index >= 15 is 0 Å². The van der Waals surface area contributed by atoms with E-state index in [1.165, 1.54) is 11.3 Å². The molecule has 0 aliphatic carbocycles. The van der Waals surface area contributed by atoms with Gasteiger partial charge in [-0.1, -0.05) is 0 Å². The van der Waals surface area contributed by atoms with Crippen LogP contribution in [0.15, 0.2) is 29.0 Å². The molecule has 1 saturated heterocycles. The Balaban J connectivity index is 1.76. The monoisotopic (exact) mass is 325 g/mol. The number of piperidine rings is 1. The molecule has 2 aromatic heterocycles. The molecule has 0 saturated carbocycles. The quantitative estimate of drug-likeness (QED) is 0.871. The summed E-state index contributed by atoms with van der Waals surface area (Å²) < 4.78 is 29.7. The molecule has 1 aliphatic heterocycles. The average Bonchev–Trinajstić information content (AvgIpc) is 3.09. The summed E-state index contributed by atoms with van der Waals surface area (Å²) in [5.41, 5.74) is 0.856. The van der Waals surface area contributed by atoms with Crippen LogP contribution in [0.25, 0.3) is 0 Å². The maximum Gasteiger partial charge on any atom is 0.252 e. The van der Waals surface area contributed by atoms with Crippen LogP contribution in [0.1, 0.15) is 29.3 Å². The van der Waals surface area contributed by atoms with Crippen molar-refractivity contribution < 1.29 is 8.42 Å². The van der Waals surface area contributed by atoms with Gasteiger partial charge < -0.3 is 4.57 Å². The molecule has 0 atom stereocenters. The number of aromatic nitrogens is 2. The minimum Gasteiger partial charge on any atom is -0.334 e. The molecule has 3 rings (SSSR count). The molecule has 2 aromatic rings. The van der Waals surface area contributed by atoms with Crippen LogP contribution in [-0.4, -0.2) is 35.4 Å². The molecule has 1 aliphatic rings. The van der Waals surface area contributed by atoms with Crippen LogP contribution in [0.4, 0.5) is 0 Å². The molecule has 3 heterocycles. The Labute approximate surface area is 129 Å². The van der Waals surface area contributed by atoms with Crippen LogP contribution >= 0.6 is 11.3 Å². The van der Waals surface area contributed by atoms with Crippen LogP contribution in [0.5, 0.6) is 0 Å². The predicted molar refractivity (Wildman–Crippen MR) is 83.0 cm³/mol. The molecule has 114 valence electrons. The number of sulfonamides is 1. The van der Waals surface area contributed by atoms with Gasteiger partial charge in [-0.2, -0.15) is 4.31 Å². The number of rotatable bonds is 3. The molecule has 0 aromatic carbocycles. The number of nitrogens with zero attached hydrogens (tertiary/aromatic N) is 3. The first-order chi connectivity index (χ1) is 9.98. The molecule has 21 heavy (non-hydrogen) atoms. The van der Waals surface area contributed by atoms with Crippen LogP contribution in [-0.2, 0) is 10.0 Å². The Morgan fingerprint density at radius 1 is 1.29 bits per heavy atom. The van der Waals surface area contributed by atoms with Gasteiger partial charge in [-0.3, -0.25) is 0 Å². The molecule has 0 radical (unpaired) electrons. The summed E-state index contributed by atoms with van der Waals surface area (Å²) in [6, 6.07) is 2.29. The molecule has 0 spiro atoms. The first-order valence-corrected chi connectivity index (χ1v) is 9.29. The third-order valence-electron chi connectivity index (χ3n) is 3.94. The van der Waals surface area contributed by atoms with Crippen molar-refractivity contribution in [1.29, 1.82) is 0 Å². The SMILES string of the molecule is Cc1cc(C)c(S(=O)(=O)N2CCC(n3ccnc3)CC2)s1. The number of thiophene rings is 1. The lowest BCUT2D eigenvalue weighted by atomic mass is 10.1. The van der Waals surface area contributed by atoms with Gasteiger partial charge in [0, 0.05) is 36.4 Å². The van der Waals surface area contributed by atoms with E-state index in [2.05, 4.69) is 9.55 Å². The number of imidazole rings is 1. The zero-order valence-electron chi connectivity index (χ0n) is 12.2. The maximum absolute atomic E-state index is 12.7. The lowest BCUT2D eigenvalue weighted by Gasteiger charge is -2.31. The highest BCUT2D eigenvalue weighted by Crippen LogP contribution is 2.32. The van der Waals surface area contributed by atoms with Crippen molar-refractivity contribution in [3.8, 4) is 0 Å². The predicted octanol–water partition coefficient (Wildman–Crippen LogP) is 2.59. The third-order valence-corrected chi connectivity index (χ3v) is 7.60. The summed E-state index contributed by atoms with van der Waals surface area (Å²) in [5, 5.41) is 0. The highest BCUT2D eigenvalue weighted by Gasteiger charge is 2.31. The van der Waals surface area contributed by atoms with Gasteiger partial charge in [0.1, 0.15) is 4.21 Å². The second kappa shape index (κ2) is 5.55. The van der Waals surface area contributed by atoms with Gasteiger partial charge in [-0.05, 0) is 38.3 Å². The highest BCUT2D eigenvalue weighted by molar-refractivity contribution is 7.91. The Morgan fingerprint density at radius 2 is 2.00 bits per heavy atom. The second-order valence-electron chi connectivity index (χ2n) is 5.47.